The van der Waals surface area contributed by atoms with Gasteiger partial charge in [0.05, 0.1) is 11.4 Å². The molecule has 31 heavy (non-hydrogen) atoms. The number of rotatable bonds is 6. The minimum absolute atomic E-state index is 0. The molecule has 1 fully saturated rings. The number of nitrogens with zero attached hydrogens (tertiary/aromatic N) is 5. The SMILES string of the molecule is CN=C(NCCc1coc(-c2ccc(C)cc2)n1)N1CCN(Cc2ccon2)CC1.I. The van der Waals surface area contributed by atoms with Crippen molar-refractivity contribution in [2.75, 3.05) is 39.8 Å². The van der Waals surface area contributed by atoms with Gasteiger partial charge in [0, 0.05) is 64.4 Å². The predicted molar refractivity (Wildman–Crippen MR) is 131 cm³/mol. The number of piperazine rings is 1. The van der Waals surface area contributed by atoms with Gasteiger partial charge in [0.2, 0.25) is 5.89 Å². The molecular formula is C22H29IN6O2. The van der Waals surface area contributed by atoms with Gasteiger partial charge in [-0.3, -0.25) is 9.89 Å². The van der Waals surface area contributed by atoms with E-state index >= 15 is 0 Å². The van der Waals surface area contributed by atoms with Gasteiger partial charge in [-0.1, -0.05) is 22.9 Å². The summed E-state index contributed by atoms with van der Waals surface area (Å²) in [7, 11) is 1.83. The summed E-state index contributed by atoms with van der Waals surface area (Å²) in [5.41, 5.74) is 4.13. The highest BCUT2D eigenvalue weighted by atomic mass is 127. The number of benzene rings is 1. The maximum Gasteiger partial charge on any atom is 0.226 e. The lowest BCUT2D eigenvalue weighted by Crippen LogP contribution is -2.52. The maximum atomic E-state index is 5.65. The van der Waals surface area contributed by atoms with Crippen LogP contribution in [0.3, 0.4) is 0 Å². The first-order chi connectivity index (χ1) is 14.7. The Kier molecular flexibility index (Phi) is 8.47. The molecule has 0 aliphatic carbocycles. The number of aromatic nitrogens is 2. The summed E-state index contributed by atoms with van der Waals surface area (Å²) in [6, 6.07) is 10.1. The lowest BCUT2D eigenvalue weighted by atomic mass is 10.1. The Morgan fingerprint density at radius 3 is 2.55 bits per heavy atom. The third-order valence-electron chi connectivity index (χ3n) is 5.27. The summed E-state index contributed by atoms with van der Waals surface area (Å²) in [6.45, 7) is 7.45. The first-order valence-electron chi connectivity index (χ1n) is 10.3. The topological polar surface area (TPSA) is 82.9 Å². The van der Waals surface area contributed by atoms with Crippen LogP contribution >= 0.6 is 24.0 Å². The molecule has 1 aromatic carbocycles. The minimum Gasteiger partial charge on any atom is -0.444 e. The van der Waals surface area contributed by atoms with Crippen LogP contribution in [-0.4, -0.2) is 65.7 Å². The molecule has 0 atom stereocenters. The average Bonchev–Trinajstić information content (AvgIpc) is 3.45. The van der Waals surface area contributed by atoms with Crippen molar-refractivity contribution in [1.29, 1.82) is 0 Å². The van der Waals surface area contributed by atoms with Crippen LogP contribution in [0, 0.1) is 6.92 Å². The molecule has 3 aromatic rings. The lowest BCUT2D eigenvalue weighted by Gasteiger charge is -2.36. The maximum absolute atomic E-state index is 5.65. The van der Waals surface area contributed by atoms with Gasteiger partial charge in [-0.25, -0.2) is 4.98 Å². The molecule has 1 N–H and O–H groups in total. The van der Waals surface area contributed by atoms with Crippen molar-refractivity contribution >= 4 is 29.9 Å². The van der Waals surface area contributed by atoms with E-state index in [4.69, 9.17) is 8.94 Å². The number of nitrogens with one attached hydrogen (secondary N) is 1. The zero-order valence-corrected chi connectivity index (χ0v) is 20.3. The van der Waals surface area contributed by atoms with Crippen molar-refractivity contribution in [1.82, 2.24) is 25.3 Å². The van der Waals surface area contributed by atoms with E-state index in [0.29, 0.717) is 5.89 Å². The van der Waals surface area contributed by atoms with Gasteiger partial charge in [0.1, 0.15) is 12.5 Å². The van der Waals surface area contributed by atoms with E-state index in [1.54, 1.807) is 12.5 Å². The molecule has 8 nitrogen and oxygen atoms in total. The summed E-state index contributed by atoms with van der Waals surface area (Å²) in [5.74, 6) is 1.59. The van der Waals surface area contributed by atoms with Crippen molar-refractivity contribution in [3.63, 3.8) is 0 Å². The molecular weight excluding hydrogens is 507 g/mol. The summed E-state index contributed by atoms with van der Waals surface area (Å²) < 4.78 is 10.6. The Morgan fingerprint density at radius 1 is 1.10 bits per heavy atom. The molecule has 9 heteroatoms. The van der Waals surface area contributed by atoms with Crippen LogP contribution in [0.25, 0.3) is 11.5 Å². The molecule has 1 saturated heterocycles. The summed E-state index contributed by atoms with van der Waals surface area (Å²) in [4.78, 5) is 13.7. The van der Waals surface area contributed by atoms with Gasteiger partial charge in [-0.05, 0) is 19.1 Å². The van der Waals surface area contributed by atoms with Crippen LogP contribution in [0.5, 0.6) is 0 Å². The van der Waals surface area contributed by atoms with Gasteiger partial charge in [0.15, 0.2) is 5.96 Å². The molecule has 0 radical (unpaired) electrons. The molecule has 0 amide bonds. The second-order valence-electron chi connectivity index (χ2n) is 7.49. The largest absolute Gasteiger partial charge is 0.444 e. The molecule has 1 aliphatic heterocycles. The fourth-order valence-electron chi connectivity index (χ4n) is 3.55. The van der Waals surface area contributed by atoms with Crippen molar-refractivity contribution in [2.45, 2.75) is 19.9 Å². The van der Waals surface area contributed by atoms with Crippen LogP contribution in [0.2, 0.25) is 0 Å². The predicted octanol–water partition coefficient (Wildman–Crippen LogP) is 3.19. The quantitative estimate of drug-likeness (QED) is 0.295. The molecule has 2 aromatic heterocycles. The molecule has 166 valence electrons. The first kappa shape index (κ1) is 23.3. The lowest BCUT2D eigenvalue weighted by molar-refractivity contribution is 0.169. The minimum atomic E-state index is 0. The normalized spacial score (nSPS) is 15.0. The van der Waals surface area contributed by atoms with E-state index in [1.807, 2.05) is 25.2 Å². The van der Waals surface area contributed by atoms with E-state index in [2.05, 4.69) is 49.3 Å². The van der Waals surface area contributed by atoms with Gasteiger partial charge in [0.25, 0.3) is 0 Å². The Labute approximate surface area is 199 Å². The van der Waals surface area contributed by atoms with Gasteiger partial charge in [-0.15, -0.1) is 24.0 Å². The molecule has 0 unspecified atom stereocenters. The second kappa shape index (κ2) is 11.3. The van der Waals surface area contributed by atoms with Crippen molar-refractivity contribution in [3.05, 3.63) is 59.8 Å². The van der Waals surface area contributed by atoms with Crippen LogP contribution in [-0.2, 0) is 13.0 Å². The number of hydrogen-bond donors (Lipinski definition) is 1. The van der Waals surface area contributed by atoms with Crippen LogP contribution < -0.4 is 5.32 Å². The molecule has 0 saturated carbocycles. The standard InChI is InChI=1S/C22H28N6O2.HI/c1-17-3-5-18(6-4-17)21-25-20(16-29-21)7-9-24-22(23-2)28-12-10-27(11-13-28)15-19-8-14-30-26-19;/h3-6,8,14,16H,7,9-13,15H2,1-2H3,(H,23,24);1H. The number of aliphatic imine (C=N–C) groups is 1. The highest BCUT2D eigenvalue weighted by Crippen LogP contribution is 2.19. The fourth-order valence-corrected chi connectivity index (χ4v) is 3.55. The van der Waals surface area contributed by atoms with Crippen molar-refractivity contribution in [3.8, 4) is 11.5 Å². The molecule has 0 spiro atoms. The van der Waals surface area contributed by atoms with E-state index in [1.165, 1.54) is 5.56 Å². The van der Waals surface area contributed by atoms with E-state index < -0.39 is 0 Å². The van der Waals surface area contributed by atoms with Crippen LogP contribution in [0.15, 0.2) is 56.8 Å². The highest BCUT2D eigenvalue weighted by molar-refractivity contribution is 14.0. The molecule has 0 bridgehead atoms. The fraction of sp³-hybridized carbons (Fsp3) is 0.409. The van der Waals surface area contributed by atoms with E-state index in [0.717, 1.165) is 68.6 Å². The van der Waals surface area contributed by atoms with Crippen LogP contribution in [0.4, 0.5) is 0 Å². The number of halogens is 1. The third-order valence-corrected chi connectivity index (χ3v) is 5.27. The Morgan fingerprint density at radius 2 is 1.87 bits per heavy atom. The van der Waals surface area contributed by atoms with Crippen molar-refractivity contribution < 1.29 is 8.94 Å². The first-order valence-corrected chi connectivity index (χ1v) is 10.3. The molecule has 4 rings (SSSR count). The molecule has 3 heterocycles. The van der Waals surface area contributed by atoms with Gasteiger partial charge >= 0.3 is 0 Å². The number of guanidine groups is 1. The average molecular weight is 536 g/mol. The van der Waals surface area contributed by atoms with Gasteiger partial charge in [-0.2, -0.15) is 0 Å². The Balaban J connectivity index is 0.00000272. The zero-order chi connectivity index (χ0) is 20.8. The van der Waals surface area contributed by atoms with Crippen LogP contribution in [0.1, 0.15) is 17.0 Å². The van der Waals surface area contributed by atoms with Gasteiger partial charge < -0.3 is 19.2 Å². The van der Waals surface area contributed by atoms with E-state index in [9.17, 15) is 0 Å². The number of hydrogen-bond acceptors (Lipinski definition) is 6. The smallest absolute Gasteiger partial charge is 0.226 e. The molecule has 1 aliphatic rings. The number of aryl methyl sites for hydroxylation is 1. The van der Waals surface area contributed by atoms with Crippen molar-refractivity contribution in [2.24, 2.45) is 4.99 Å². The zero-order valence-electron chi connectivity index (χ0n) is 18.0. The third kappa shape index (κ3) is 6.30. The monoisotopic (exact) mass is 536 g/mol. The highest BCUT2D eigenvalue weighted by Gasteiger charge is 2.20. The summed E-state index contributed by atoms with van der Waals surface area (Å²) >= 11 is 0. The summed E-state index contributed by atoms with van der Waals surface area (Å²) in [6.07, 6.45) is 4.14. The Bertz CT molecular complexity index is 947. The number of oxazole rings is 1. The van der Waals surface area contributed by atoms with E-state index in [-0.39, 0.29) is 24.0 Å². The Hall–Kier alpha value is -2.40. The second-order valence-corrected chi connectivity index (χ2v) is 7.49. The summed E-state index contributed by atoms with van der Waals surface area (Å²) in [5, 5.41) is 7.45.